The van der Waals surface area contributed by atoms with Gasteiger partial charge in [-0.1, -0.05) is 27.7 Å². The van der Waals surface area contributed by atoms with E-state index in [0.717, 1.165) is 42.1 Å². The van der Waals surface area contributed by atoms with Crippen LogP contribution in [0.5, 0.6) is 0 Å². The Kier molecular flexibility index (Phi) is 16.8. The van der Waals surface area contributed by atoms with Crippen LogP contribution in [0.25, 0.3) is 0 Å². The average Bonchev–Trinajstić information content (AvgIpc) is 3.77. The summed E-state index contributed by atoms with van der Waals surface area (Å²) in [5.41, 5.74) is 13.1. The van der Waals surface area contributed by atoms with E-state index in [0.29, 0.717) is 75.0 Å². The van der Waals surface area contributed by atoms with Crippen molar-refractivity contribution >= 4 is 57.5 Å². The number of hydrogen-bond donors (Lipinski definition) is 5. The number of rotatable bonds is 21. The fourth-order valence-electron chi connectivity index (χ4n) is 5.79. The Balaban J connectivity index is 2.01. The molecule has 7 N–H and O–H groups in total. The van der Waals surface area contributed by atoms with Crippen molar-refractivity contribution in [3.8, 4) is 0 Å². The summed E-state index contributed by atoms with van der Waals surface area (Å²) in [4.78, 5) is 68.8. The molecule has 0 bridgehead atoms. The van der Waals surface area contributed by atoms with Gasteiger partial charge in [-0.05, 0) is 83.7 Å². The monoisotopic (exact) mass is 760 g/mol. The zero-order chi connectivity index (χ0) is 37.8. The number of nitrogens with zero attached hydrogens (tertiary/aromatic N) is 3. The highest BCUT2D eigenvalue weighted by Gasteiger charge is 2.32. The van der Waals surface area contributed by atoms with E-state index in [4.69, 9.17) is 21.4 Å². The molecular weight excluding hydrogens is 705 g/mol. The van der Waals surface area contributed by atoms with Crippen LogP contribution in [0.4, 0.5) is 0 Å². The predicted octanol–water partition coefficient (Wildman–Crippen LogP) is 6.36. The van der Waals surface area contributed by atoms with Gasteiger partial charge in [-0.2, -0.15) is 0 Å². The Hall–Kier alpha value is -3.11. The normalized spacial score (nSPS) is 13.3. The molecule has 3 amide bonds. The highest BCUT2D eigenvalue weighted by molar-refractivity contribution is 7.14. The second-order valence-electron chi connectivity index (χ2n) is 13.9. The lowest BCUT2D eigenvalue weighted by Gasteiger charge is -2.22. The van der Waals surface area contributed by atoms with E-state index >= 15 is 0 Å². The van der Waals surface area contributed by atoms with Crippen molar-refractivity contribution in [2.45, 2.75) is 125 Å². The molecule has 0 spiro atoms. The minimum Gasteiger partial charge on any atom is -0.348 e. The molecule has 15 heteroatoms. The van der Waals surface area contributed by atoms with Gasteiger partial charge in [-0.25, -0.2) is 15.0 Å². The third-order valence-corrected chi connectivity index (χ3v) is 11.4. The maximum absolute atomic E-state index is 14.2. The van der Waals surface area contributed by atoms with Crippen LogP contribution < -0.4 is 27.4 Å². The van der Waals surface area contributed by atoms with Gasteiger partial charge in [0.05, 0.1) is 55.1 Å². The van der Waals surface area contributed by atoms with E-state index in [1.807, 2.05) is 13.8 Å². The summed E-state index contributed by atoms with van der Waals surface area (Å²) < 4.78 is 0. The molecule has 0 fully saturated rings. The van der Waals surface area contributed by atoms with Crippen molar-refractivity contribution in [1.82, 2.24) is 30.9 Å². The van der Waals surface area contributed by atoms with Crippen molar-refractivity contribution in [2.75, 3.05) is 13.1 Å². The Labute approximate surface area is 314 Å². The maximum Gasteiger partial charge on any atom is 0.263 e. The van der Waals surface area contributed by atoms with Crippen LogP contribution in [0.3, 0.4) is 0 Å². The van der Waals surface area contributed by atoms with E-state index in [1.165, 1.54) is 47.9 Å². The molecule has 12 nitrogen and oxygen atoms in total. The predicted molar refractivity (Wildman–Crippen MR) is 207 cm³/mol. The van der Waals surface area contributed by atoms with E-state index < -0.39 is 18.1 Å². The van der Waals surface area contributed by atoms with Gasteiger partial charge < -0.3 is 27.4 Å². The standard InChI is InChI=1S/C36H56N8O4S3/c1-19(2)17-26(42-36(48)33-30(41-24(8)49-33)25(40-23(7)46)13-9-11-15-37)31-34(50-27(43-31)14-10-12-16-38)35(47)39-21(5)29-32(22(6)45)51-28(44-29)18-20(3)4/h19-21,25-26H,9-18,37-38H2,1-8H3,(H,39,47)(H,40,46)(H,42,48)/t21-,25-,26-/m0/s1. The number of ketones is 1. The van der Waals surface area contributed by atoms with Gasteiger partial charge in [0.15, 0.2) is 5.78 Å². The third-order valence-electron chi connectivity index (χ3n) is 8.07. The molecule has 3 heterocycles. The first kappa shape index (κ1) is 42.3. The Morgan fingerprint density at radius 3 is 1.86 bits per heavy atom. The molecule has 0 saturated heterocycles. The number of unbranched alkanes of at least 4 members (excludes halogenated alkanes) is 2. The lowest BCUT2D eigenvalue weighted by Crippen LogP contribution is -2.34. The van der Waals surface area contributed by atoms with Crippen molar-refractivity contribution in [2.24, 2.45) is 23.3 Å². The summed E-state index contributed by atoms with van der Waals surface area (Å²) in [5.74, 6) is -0.435. The van der Waals surface area contributed by atoms with E-state index in [9.17, 15) is 19.2 Å². The summed E-state index contributed by atoms with van der Waals surface area (Å²) in [6.45, 7) is 16.1. The molecule has 0 aliphatic heterocycles. The number of Topliss-reactive ketones (excluding diaryl/α,β-unsaturated/α-hetero) is 1. The SMILES string of the molecule is CC(=O)N[C@@H](CCCCN)c1nc(C)sc1C(=O)N[C@@H](CC(C)C)c1nc(CCCCN)sc1C(=O)N[C@@H](C)c1nc(CC(C)C)sc1C(C)=O. The van der Waals surface area contributed by atoms with Gasteiger partial charge in [0, 0.05) is 20.3 Å². The van der Waals surface area contributed by atoms with Crippen LogP contribution in [0.1, 0.15) is 166 Å². The van der Waals surface area contributed by atoms with Gasteiger partial charge >= 0.3 is 0 Å². The number of nitrogens with one attached hydrogen (secondary N) is 3. The largest absolute Gasteiger partial charge is 0.348 e. The van der Waals surface area contributed by atoms with Crippen LogP contribution in [-0.2, 0) is 17.6 Å². The van der Waals surface area contributed by atoms with E-state index in [1.54, 1.807) is 0 Å². The fraction of sp³-hybridized carbons (Fsp3) is 0.639. The maximum atomic E-state index is 14.2. The minimum atomic E-state index is -0.579. The van der Waals surface area contributed by atoms with Gasteiger partial charge in [0.2, 0.25) is 5.91 Å². The lowest BCUT2D eigenvalue weighted by atomic mass is 9.99. The number of carbonyl (C=O) groups excluding carboxylic acids is 4. The highest BCUT2D eigenvalue weighted by Crippen LogP contribution is 2.33. The molecule has 3 aromatic heterocycles. The number of amides is 3. The second kappa shape index (κ2) is 20.2. The number of aryl methyl sites for hydroxylation is 2. The number of carbonyl (C=O) groups is 4. The lowest BCUT2D eigenvalue weighted by molar-refractivity contribution is -0.119. The Morgan fingerprint density at radius 1 is 0.667 bits per heavy atom. The van der Waals surface area contributed by atoms with Gasteiger partial charge in [0.25, 0.3) is 11.8 Å². The minimum absolute atomic E-state index is 0.0863. The zero-order valence-electron chi connectivity index (χ0n) is 31.3. The van der Waals surface area contributed by atoms with Gasteiger partial charge in [0.1, 0.15) is 9.75 Å². The van der Waals surface area contributed by atoms with Crippen LogP contribution in [-0.4, -0.2) is 51.5 Å². The first-order valence-corrected chi connectivity index (χ1v) is 20.4. The first-order chi connectivity index (χ1) is 24.1. The van der Waals surface area contributed by atoms with Crippen molar-refractivity contribution < 1.29 is 19.2 Å². The quantitative estimate of drug-likeness (QED) is 0.0606. The number of nitrogens with two attached hydrogens (primary N) is 2. The van der Waals surface area contributed by atoms with Crippen LogP contribution in [0, 0.1) is 18.8 Å². The molecular formula is C36H56N8O4S3. The highest BCUT2D eigenvalue weighted by atomic mass is 32.1. The molecule has 0 radical (unpaired) electrons. The van der Waals surface area contributed by atoms with Crippen molar-refractivity contribution in [3.63, 3.8) is 0 Å². The smallest absolute Gasteiger partial charge is 0.263 e. The molecule has 3 aromatic rings. The van der Waals surface area contributed by atoms with E-state index in [2.05, 4.69) is 48.6 Å². The van der Waals surface area contributed by atoms with Gasteiger partial charge in [-0.15, -0.1) is 34.0 Å². The summed E-state index contributed by atoms with van der Waals surface area (Å²) in [5, 5.41) is 11.6. The van der Waals surface area contributed by atoms with Crippen molar-refractivity contribution in [1.29, 1.82) is 0 Å². The van der Waals surface area contributed by atoms with Crippen LogP contribution in [0.2, 0.25) is 0 Å². The second-order valence-corrected chi connectivity index (χ2v) is 17.2. The number of aromatic nitrogens is 3. The number of thiazole rings is 3. The Bertz CT molecular complexity index is 1630. The fourth-order valence-corrected chi connectivity index (χ4v) is 9.01. The summed E-state index contributed by atoms with van der Waals surface area (Å²) in [7, 11) is 0. The molecule has 0 aliphatic carbocycles. The molecule has 0 aliphatic rings. The average molecular weight is 761 g/mol. The molecule has 0 unspecified atom stereocenters. The first-order valence-electron chi connectivity index (χ1n) is 17.9. The van der Waals surface area contributed by atoms with Gasteiger partial charge in [-0.3, -0.25) is 19.2 Å². The molecule has 3 atom stereocenters. The van der Waals surface area contributed by atoms with Crippen molar-refractivity contribution in [3.05, 3.63) is 46.7 Å². The molecule has 51 heavy (non-hydrogen) atoms. The topological polar surface area (TPSA) is 195 Å². The van der Waals surface area contributed by atoms with Crippen LogP contribution >= 0.6 is 34.0 Å². The zero-order valence-corrected chi connectivity index (χ0v) is 33.8. The molecule has 0 saturated carbocycles. The number of hydrogen-bond acceptors (Lipinski definition) is 12. The Morgan fingerprint density at radius 2 is 1.25 bits per heavy atom. The third kappa shape index (κ3) is 12.5. The van der Waals surface area contributed by atoms with E-state index in [-0.39, 0.29) is 29.4 Å². The van der Waals surface area contributed by atoms with Crippen LogP contribution in [0.15, 0.2) is 0 Å². The summed E-state index contributed by atoms with van der Waals surface area (Å²) >= 11 is 3.98. The molecule has 0 aromatic carbocycles. The molecule has 3 rings (SSSR count). The summed E-state index contributed by atoms with van der Waals surface area (Å²) in [6.07, 6.45) is 5.72. The summed E-state index contributed by atoms with van der Waals surface area (Å²) in [6, 6.07) is -1.55. The molecule has 282 valence electrons.